The van der Waals surface area contributed by atoms with Crippen LogP contribution in [-0.2, 0) is 9.53 Å². The van der Waals surface area contributed by atoms with E-state index in [2.05, 4.69) is 24.1 Å². The molecule has 1 amide bonds. The molecule has 3 N–H and O–H groups in total. The van der Waals surface area contributed by atoms with Gasteiger partial charge in [-0.05, 0) is 38.1 Å². The lowest BCUT2D eigenvalue weighted by atomic mass is 10.1. The first-order chi connectivity index (χ1) is 9.44. The molecule has 1 aliphatic heterocycles. The molecule has 0 radical (unpaired) electrons. The van der Waals surface area contributed by atoms with E-state index < -0.39 is 0 Å². The summed E-state index contributed by atoms with van der Waals surface area (Å²) in [5, 5.41) is 2.88. The molecular formula is C15H23N3O2. The minimum absolute atomic E-state index is 0.0269. The topological polar surface area (TPSA) is 67.6 Å². The van der Waals surface area contributed by atoms with Crippen LogP contribution < -0.4 is 11.1 Å². The van der Waals surface area contributed by atoms with Gasteiger partial charge in [0, 0.05) is 37.4 Å². The Morgan fingerprint density at radius 1 is 1.40 bits per heavy atom. The van der Waals surface area contributed by atoms with E-state index in [1.807, 2.05) is 12.1 Å². The van der Waals surface area contributed by atoms with E-state index in [-0.39, 0.29) is 11.5 Å². The van der Waals surface area contributed by atoms with E-state index in [1.54, 1.807) is 12.1 Å². The zero-order chi connectivity index (χ0) is 14.6. The zero-order valence-corrected chi connectivity index (χ0v) is 12.2. The molecule has 0 saturated carbocycles. The van der Waals surface area contributed by atoms with Gasteiger partial charge < -0.3 is 15.8 Å². The zero-order valence-electron chi connectivity index (χ0n) is 12.2. The predicted molar refractivity (Wildman–Crippen MR) is 80.6 cm³/mol. The first kappa shape index (κ1) is 14.8. The van der Waals surface area contributed by atoms with E-state index in [9.17, 15) is 4.79 Å². The number of nitrogen functional groups attached to an aromatic ring is 1. The van der Waals surface area contributed by atoms with Crippen LogP contribution in [0.5, 0.6) is 0 Å². The lowest BCUT2D eigenvalue weighted by molar-refractivity contribution is -0.118. The van der Waals surface area contributed by atoms with Crippen LogP contribution in [-0.4, -0.2) is 42.6 Å². The molecule has 1 fully saturated rings. The third-order valence-electron chi connectivity index (χ3n) is 3.35. The maximum absolute atomic E-state index is 11.9. The van der Waals surface area contributed by atoms with Gasteiger partial charge in [-0.1, -0.05) is 0 Å². The van der Waals surface area contributed by atoms with Crippen molar-refractivity contribution in [3.8, 4) is 0 Å². The summed E-state index contributed by atoms with van der Waals surface area (Å²) in [5.41, 5.74) is 6.97. The number of morpholine rings is 1. The second-order valence-corrected chi connectivity index (χ2v) is 5.80. The number of nitrogens with two attached hydrogens (primary N) is 1. The maximum Gasteiger partial charge on any atom is 0.225 e. The monoisotopic (exact) mass is 277 g/mol. The first-order valence-electron chi connectivity index (χ1n) is 6.96. The van der Waals surface area contributed by atoms with Crippen LogP contribution in [0.3, 0.4) is 0 Å². The fourth-order valence-electron chi connectivity index (χ4n) is 2.35. The highest BCUT2D eigenvalue weighted by Gasteiger charge is 2.26. The summed E-state index contributed by atoms with van der Waals surface area (Å²) >= 11 is 0. The third kappa shape index (κ3) is 4.51. The van der Waals surface area contributed by atoms with Gasteiger partial charge in [0.15, 0.2) is 0 Å². The highest BCUT2D eigenvalue weighted by atomic mass is 16.5. The minimum Gasteiger partial charge on any atom is -0.399 e. The van der Waals surface area contributed by atoms with Gasteiger partial charge in [0.05, 0.1) is 12.2 Å². The molecule has 1 aromatic rings. The molecule has 20 heavy (non-hydrogen) atoms. The van der Waals surface area contributed by atoms with Crippen molar-refractivity contribution in [3.63, 3.8) is 0 Å². The second kappa shape index (κ2) is 6.24. The molecule has 0 aliphatic carbocycles. The quantitative estimate of drug-likeness (QED) is 0.822. The van der Waals surface area contributed by atoms with E-state index in [4.69, 9.17) is 10.5 Å². The summed E-state index contributed by atoms with van der Waals surface area (Å²) in [6, 6.07) is 7.18. The van der Waals surface area contributed by atoms with Crippen molar-refractivity contribution in [1.29, 1.82) is 0 Å². The number of carbonyl (C=O) groups excluding carboxylic acids is 1. The number of rotatable bonds is 4. The Bertz CT molecular complexity index is 457. The Morgan fingerprint density at radius 2 is 2.10 bits per heavy atom. The van der Waals surface area contributed by atoms with Gasteiger partial charge in [-0.25, -0.2) is 0 Å². The molecule has 1 aromatic carbocycles. The highest BCUT2D eigenvalue weighted by molar-refractivity contribution is 5.90. The Kier molecular flexibility index (Phi) is 4.62. The Balaban J connectivity index is 1.76. The Morgan fingerprint density at radius 3 is 2.75 bits per heavy atom. The van der Waals surface area contributed by atoms with Crippen LogP contribution in [0.25, 0.3) is 0 Å². The van der Waals surface area contributed by atoms with Gasteiger partial charge in [0.1, 0.15) is 0 Å². The molecule has 0 spiro atoms. The van der Waals surface area contributed by atoms with Crippen molar-refractivity contribution in [1.82, 2.24) is 4.90 Å². The molecule has 110 valence electrons. The van der Waals surface area contributed by atoms with Crippen LogP contribution in [0.2, 0.25) is 0 Å². The highest BCUT2D eigenvalue weighted by Crippen LogP contribution is 2.16. The summed E-state index contributed by atoms with van der Waals surface area (Å²) in [6.07, 6.45) is 0.487. The summed E-state index contributed by atoms with van der Waals surface area (Å²) in [6.45, 7) is 7.39. The standard InChI is InChI=1S/C15H23N3O2/c1-15(2)11-18(9-10-20-15)8-7-14(19)17-13-5-3-12(16)4-6-13/h3-6H,7-11,16H2,1-2H3,(H,17,19). The lowest BCUT2D eigenvalue weighted by Gasteiger charge is -2.38. The molecule has 1 aliphatic rings. The summed E-state index contributed by atoms with van der Waals surface area (Å²) in [5.74, 6) is 0.0269. The normalized spacial score (nSPS) is 18.7. The van der Waals surface area contributed by atoms with Crippen molar-refractivity contribution in [2.75, 3.05) is 37.3 Å². The number of hydrogen-bond donors (Lipinski definition) is 2. The molecule has 0 unspecified atom stereocenters. The summed E-state index contributed by atoms with van der Waals surface area (Å²) in [7, 11) is 0. The van der Waals surface area contributed by atoms with Crippen molar-refractivity contribution in [2.45, 2.75) is 25.9 Å². The van der Waals surface area contributed by atoms with Crippen LogP contribution in [0.1, 0.15) is 20.3 Å². The maximum atomic E-state index is 11.9. The molecule has 0 atom stereocenters. The molecule has 0 bridgehead atoms. The van der Waals surface area contributed by atoms with Crippen LogP contribution >= 0.6 is 0 Å². The van der Waals surface area contributed by atoms with Crippen LogP contribution in [0.4, 0.5) is 11.4 Å². The van der Waals surface area contributed by atoms with Gasteiger partial charge in [-0.15, -0.1) is 0 Å². The Hall–Kier alpha value is -1.59. The van der Waals surface area contributed by atoms with Crippen molar-refractivity contribution in [2.24, 2.45) is 0 Å². The third-order valence-corrected chi connectivity index (χ3v) is 3.35. The van der Waals surface area contributed by atoms with Gasteiger partial charge in [-0.3, -0.25) is 9.69 Å². The van der Waals surface area contributed by atoms with Crippen molar-refractivity contribution in [3.05, 3.63) is 24.3 Å². The van der Waals surface area contributed by atoms with Crippen LogP contribution in [0, 0.1) is 0 Å². The summed E-state index contributed by atoms with van der Waals surface area (Å²) in [4.78, 5) is 14.2. The molecular weight excluding hydrogens is 254 g/mol. The lowest BCUT2D eigenvalue weighted by Crippen LogP contribution is -2.48. The molecule has 2 rings (SSSR count). The van der Waals surface area contributed by atoms with Crippen molar-refractivity contribution >= 4 is 17.3 Å². The Labute approximate surface area is 120 Å². The molecule has 0 aromatic heterocycles. The average molecular weight is 277 g/mol. The van der Waals surface area contributed by atoms with E-state index in [0.29, 0.717) is 12.1 Å². The number of nitrogens with zero attached hydrogens (tertiary/aromatic N) is 1. The number of ether oxygens (including phenoxy) is 1. The number of amides is 1. The molecule has 1 heterocycles. The SMILES string of the molecule is CC1(C)CN(CCC(=O)Nc2ccc(N)cc2)CCO1. The van der Waals surface area contributed by atoms with Crippen molar-refractivity contribution < 1.29 is 9.53 Å². The second-order valence-electron chi connectivity index (χ2n) is 5.80. The molecule has 5 nitrogen and oxygen atoms in total. The fourth-order valence-corrected chi connectivity index (χ4v) is 2.35. The molecule has 5 heteroatoms. The molecule has 1 saturated heterocycles. The number of nitrogens with one attached hydrogen (secondary N) is 1. The van der Waals surface area contributed by atoms with Gasteiger partial charge in [0.25, 0.3) is 0 Å². The average Bonchev–Trinajstić information content (AvgIpc) is 2.38. The van der Waals surface area contributed by atoms with E-state index in [1.165, 1.54) is 0 Å². The van der Waals surface area contributed by atoms with Gasteiger partial charge >= 0.3 is 0 Å². The van der Waals surface area contributed by atoms with E-state index in [0.717, 1.165) is 31.9 Å². The number of hydrogen-bond acceptors (Lipinski definition) is 4. The number of anilines is 2. The van der Waals surface area contributed by atoms with Gasteiger partial charge in [-0.2, -0.15) is 0 Å². The first-order valence-corrected chi connectivity index (χ1v) is 6.96. The largest absolute Gasteiger partial charge is 0.399 e. The van der Waals surface area contributed by atoms with E-state index >= 15 is 0 Å². The summed E-state index contributed by atoms with van der Waals surface area (Å²) < 4.78 is 5.66. The fraction of sp³-hybridized carbons (Fsp3) is 0.533. The number of carbonyl (C=O) groups is 1. The van der Waals surface area contributed by atoms with Crippen LogP contribution in [0.15, 0.2) is 24.3 Å². The van der Waals surface area contributed by atoms with Gasteiger partial charge in [0.2, 0.25) is 5.91 Å². The smallest absolute Gasteiger partial charge is 0.225 e. The minimum atomic E-state index is -0.119. The predicted octanol–water partition coefficient (Wildman–Crippen LogP) is 1.71. The number of benzene rings is 1.